The number of thiazole rings is 1. The van der Waals surface area contributed by atoms with Gasteiger partial charge in [-0.05, 0) is 34.8 Å². The van der Waals surface area contributed by atoms with Gasteiger partial charge in [-0.25, -0.2) is 0 Å². The van der Waals surface area contributed by atoms with Crippen LogP contribution in [0, 0.1) is 0 Å². The van der Waals surface area contributed by atoms with Crippen molar-refractivity contribution < 1.29 is 14.6 Å². The zero-order chi connectivity index (χ0) is 21.2. The summed E-state index contributed by atoms with van der Waals surface area (Å²) in [7, 11) is 1.47. The number of phenols is 1. The van der Waals surface area contributed by atoms with Gasteiger partial charge >= 0.3 is 0 Å². The predicted octanol–water partition coefficient (Wildman–Crippen LogP) is 2.94. The van der Waals surface area contributed by atoms with Crippen molar-refractivity contribution in [3.8, 4) is 11.5 Å². The minimum atomic E-state index is -0.285. The van der Waals surface area contributed by atoms with Crippen molar-refractivity contribution in [2.75, 3.05) is 7.11 Å². The number of ketones is 1. The molecule has 0 spiro atoms. The third-order valence-corrected chi connectivity index (χ3v) is 5.44. The van der Waals surface area contributed by atoms with Crippen molar-refractivity contribution in [3.05, 3.63) is 78.7 Å². The molecule has 0 radical (unpaired) electrons. The fraction of sp³-hybridized carbons (Fsp3) is 0.217. The van der Waals surface area contributed by atoms with Crippen LogP contribution in [-0.4, -0.2) is 23.0 Å². The minimum Gasteiger partial charge on any atom is -0.504 e. The monoisotopic (exact) mass is 409 g/mol. The first-order valence-corrected chi connectivity index (χ1v) is 9.93. The number of H-pyrrole nitrogens is 1. The van der Waals surface area contributed by atoms with E-state index < -0.39 is 0 Å². The van der Waals surface area contributed by atoms with Crippen LogP contribution in [-0.2, 0) is 5.41 Å². The number of rotatable bonds is 4. The number of hydrogen-bond acceptors (Lipinski definition) is 5. The molecule has 0 aliphatic carbocycles. The van der Waals surface area contributed by atoms with Gasteiger partial charge < -0.3 is 14.8 Å². The highest BCUT2D eigenvalue weighted by Crippen LogP contribution is 2.26. The zero-order valence-electron chi connectivity index (χ0n) is 16.8. The lowest BCUT2D eigenvalue weighted by molar-refractivity contribution is 0.106. The van der Waals surface area contributed by atoms with Gasteiger partial charge in [0.25, 0.3) is 5.56 Å². The Kier molecular flexibility index (Phi) is 5.75. The van der Waals surface area contributed by atoms with Crippen molar-refractivity contribution in [2.45, 2.75) is 26.2 Å². The second-order valence-electron chi connectivity index (χ2n) is 7.70. The van der Waals surface area contributed by atoms with Crippen molar-refractivity contribution in [2.24, 2.45) is 0 Å². The Balaban J connectivity index is 1.91. The Morgan fingerprint density at radius 2 is 1.83 bits per heavy atom. The average Bonchev–Trinajstić information content (AvgIpc) is 3.00. The molecular formula is C23H23NO4S. The number of carbonyl (C=O) groups excluding carboxylic acids is 1. The molecule has 1 aromatic heterocycles. The molecule has 0 atom stereocenters. The lowest BCUT2D eigenvalue weighted by Gasteiger charge is -2.18. The maximum Gasteiger partial charge on any atom is 0.266 e. The SMILES string of the molecule is COc1ccc(/C=c2\s/c(=C\C(=O)c3ccc(C(C)(C)C)cc3)[nH]c2=O)cc1O. The van der Waals surface area contributed by atoms with E-state index in [-0.39, 0.29) is 22.5 Å². The first-order chi connectivity index (χ1) is 13.7. The molecule has 29 heavy (non-hydrogen) atoms. The van der Waals surface area contributed by atoms with Crippen LogP contribution in [0.1, 0.15) is 42.3 Å². The van der Waals surface area contributed by atoms with Gasteiger partial charge in [-0.2, -0.15) is 0 Å². The molecule has 0 aliphatic heterocycles. The van der Waals surface area contributed by atoms with Crippen LogP contribution in [0.25, 0.3) is 12.2 Å². The predicted molar refractivity (Wildman–Crippen MR) is 116 cm³/mol. The number of aromatic hydroxyl groups is 1. The van der Waals surface area contributed by atoms with E-state index in [1.54, 1.807) is 30.3 Å². The zero-order valence-corrected chi connectivity index (χ0v) is 17.6. The Bertz CT molecular complexity index is 1210. The molecule has 3 aromatic rings. The normalized spacial score (nSPS) is 13.0. The van der Waals surface area contributed by atoms with E-state index in [1.165, 1.54) is 30.6 Å². The fourth-order valence-corrected chi connectivity index (χ4v) is 3.69. The number of methoxy groups -OCH3 is 1. The van der Waals surface area contributed by atoms with E-state index in [4.69, 9.17) is 4.74 Å². The highest BCUT2D eigenvalue weighted by Gasteiger charge is 2.13. The smallest absolute Gasteiger partial charge is 0.266 e. The van der Waals surface area contributed by atoms with Gasteiger partial charge in [-0.15, -0.1) is 11.3 Å². The van der Waals surface area contributed by atoms with E-state index in [1.807, 2.05) is 12.1 Å². The largest absolute Gasteiger partial charge is 0.504 e. The van der Waals surface area contributed by atoms with Crippen LogP contribution in [0.4, 0.5) is 0 Å². The number of carbonyl (C=O) groups is 1. The lowest BCUT2D eigenvalue weighted by Crippen LogP contribution is -2.20. The summed E-state index contributed by atoms with van der Waals surface area (Å²) < 4.78 is 5.94. The fourth-order valence-electron chi connectivity index (χ4n) is 2.81. The van der Waals surface area contributed by atoms with Crippen molar-refractivity contribution in [3.63, 3.8) is 0 Å². The van der Waals surface area contributed by atoms with Crippen molar-refractivity contribution in [1.82, 2.24) is 4.98 Å². The number of hydrogen-bond donors (Lipinski definition) is 2. The Hall–Kier alpha value is -3.12. The number of aromatic nitrogens is 1. The molecule has 3 rings (SSSR count). The molecule has 5 nitrogen and oxygen atoms in total. The quantitative estimate of drug-likeness (QED) is 0.650. The molecule has 0 unspecified atom stereocenters. The molecule has 0 amide bonds. The molecular weight excluding hydrogens is 386 g/mol. The van der Waals surface area contributed by atoms with Crippen LogP contribution in [0.3, 0.4) is 0 Å². The molecule has 1 heterocycles. The molecule has 2 N–H and O–H groups in total. The molecule has 0 aliphatic rings. The summed E-state index contributed by atoms with van der Waals surface area (Å²) in [6.45, 7) is 6.35. The number of phenolic OH excluding ortho intramolecular Hbond substituents is 1. The maximum atomic E-state index is 12.5. The number of Topliss-reactive ketones (excluding diaryl/α,β-unsaturated/α-hetero) is 1. The summed E-state index contributed by atoms with van der Waals surface area (Å²) in [5, 5.41) is 9.88. The van der Waals surface area contributed by atoms with Gasteiger partial charge in [0.05, 0.1) is 16.3 Å². The highest BCUT2D eigenvalue weighted by atomic mass is 32.1. The second-order valence-corrected chi connectivity index (χ2v) is 8.78. The standard InChI is InChI=1S/C23H23NO4S/c1-23(2,3)16-8-6-15(7-9-16)17(25)13-21-24-22(27)20(29-21)12-14-5-10-19(28-4)18(26)11-14/h5-13,26H,1-4H3,(H,24,27)/b20-12-,21-13-. The maximum absolute atomic E-state index is 12.5. The summed E-state index contributed by atoms with van der Waals surface area (Å²) in [4.78, 5) is 27.5. The number of aromatic amines is 1. The lowest BCUT2D eigenvalue weighted by atomic mass is 9.86. The molecule has 150 valence electrons. The first-order valence-electron chi connectivity index (χ1n) is 9.12. The van der Waals surface area contributed by atoms with Crippen LogP contribution in [0.15, 0.2) is 47.3 Å². The van der Waals surface area contributed by atoms with Crippen LogP contribution in [0.5, 0.6) is 11.5 Å². The summed E-state index contributed by atoms with van der Waals surface area (Å²) in [6, 6.07) is 12.4. The van der Waals surface area contributed by atoms with Gasteiger partial charge in [-0.1, -0.05) is 51.1 Å². The number of nitrogens with one attached hydrogen (secondary N) is 1. The summed E-state index contributed by atoms with van der Waals surface area (Å²) in [5.41, 5.74) is 2.11. The Labute approximate surface area is 172 Å². The van der Waals surface area contributed by atoms with Crippen molar-refractivity contribution in [1.29, 1.82) is 0 Å². The Morgan fingerprint density at radius 1 is 1.14 bits per heavy atom. The molecule has 0 fully saturated rings. The molecule has 0 saturated carbocycles. The van der Waals surface area contributed by atoms with E-state index in [0.29, 0.717) is 26.1 Å². The van der Waals surface area contributed by atoms with Gasteiger partial charge in [0.1, 0.15) is 0 Å². The minimum absolute atomic E-state index is 0.00472. The van der Waals surface area contributed by atoms with E-state index in [9.17, 15) is 14.7 Å². The van der Waals surface area contributed by atoms with Gasteiger partial charge in [-0.3, -0.25) is 9.59 Å². The molecule has 0 bridgehead atoms. The van der Waals surface area contributed by atoms with Crippen LogP contribution in [0.2, 0.25) is 0 Å². The van der Waals surface area contributed by atoms with Crippen LogP contribution < -0.4 is 19.5 Å². The number of benzene rings is 2. The van der Waals surface area contributed by atoms with Crippen molar-refractivity contribution >= 4 is 29.3 Å². The third-order valence-electron chi connectivity index (χ3n) is 4.48. The molecule has 6 heteroatoms. The van der Waals surface area contributed by atoms with E-state index in [2.05, 4.69) is 25.8 Å². The van der Waals surface area contributed by atoms with Gasteiger partial charge in [0, 0.05) is 11.6 Å². The average molecular weight is 410 g/mol. The highest BCUT2D eigenvalue weighted by molar-refractivity contribution is 7.07. The van der Waals surface area contributed by atoms with Gasteiger partial charge in [0.2, 0.25) is 0 Å². The second kappa shape index (κ2) is 8.09. The van der Waals surface area contributed by atoms with Gasteiger partial charge in [0.15, 0.2) is 17.3 Å². The van der Waals surface area contributed by atoms with E-state index in [0.717, 1.165) is 5.56 Å². The van der Waals surface area contributed by atoms with E-state index >= 15 is 0 Å². The Morgan fingerprint density at radius 3 is 2.41 bits per heavy atom. The summed E-state index contributed by atoms with van der Waals surface area (Å²) >= 11 is 1.19. The topological polar surface area (TPSA) is 79.4 Å². The molecule has 0 saturated heterocycles. The summed E-state index contributed by atoms with van der Waals surface area (Å²) in [5.74, 6) is 0.186. The third kappa shape index (κ3) is 4.84. The number of ether oxygens (including phenoxy) is 1. The van der Waals surface area contributed by atoms with Crippen LogP contribution >= 0.6 is 11.3 Å². The summed E-state index contributed by atoms with van der Waals surface area (Å²) in [6.07, 6.45) is 3.09. The first kappa shape index (κ1) is 20.6. The molecule has 2 aromatic carbocycles.